The maximum absolute atomic E-state index is 12.4. The zero-order chi connectivity index (χ0) is 29.6. The number of carbonyl (C=O) groups is 2. The maximum Gasteiger partial charge on any atom is 0.333 e. The van der Waals surface area contributed by atoms with Crippen LogP contribution in [0.15, 0.2) is 117 Å². The maximum atomic E-state index is 12.4. The minimum Gasteiger partial charge on any atom is -0.307 e. The van der Waals surface area contributed by atoms with Crippen LogP contribution < -0.4 is 20.1 Å². The molecule has 4 aromatic rings. The van der Waals surface area contributed by atoms with Crippen molar-refractivity contribution >= 4 is 55.2 Å². The van der Waals surface area contributed by atoms with Crippen molar-refractivity contribution in [3.63, 3.8) is 0 Å². The van der Waals surface area contributed by atoms with Crippen LogP contribution in [0.3, 0.4) is 0 Å². The molecule has 4 amide bonds. The van der Waals surface area contributed by atoms with Gasteiger partial charge in [-0.2, -0.15) is 0 Å². The van der Waals surface area contributed by atoms with Crippen LogP contribution in [0.2, 0.25) is 0 Å². The second kappa shape index (κ2) is 12.5. The molecule has 0 saturated carbocycles. The van der Waals surface area contributed by atoms with Crippen molar-refractivity contribution in [2.75, 3.05) is 10.6 Å². The van der Waals surface area contributed by atoms with E-state index in [1.165, 1.54) is 36.0 Å². The molecular weight excluding hydrogens is 585 g/mol. The Hall–Kier alpha value is -4.33. The standard InChI is InChI=1S/C28H26N4O6S3/c1-19-3-15-25(16-4-19)40(35,36)31-27(33)29-21-7-11-23(12-8-21)39-24-13-9-22(10-14-24)30-28(34)32-41(37,38)26-17-5-20(2)6-18-26/h3-18H,1-2H3,(H2,29,31,33)(H2,30,32,34). The number of hydrogen-bond acceptors (Lipinski definition) is 7. The van der Waals surface area contributed by atoms with Gasteiger partial charge in [-0.25, -0.2) is 35.9 Å². The van der Waals surface area contributed by atoms with Crippen LogP contribution in [0.1, 0.15) is 11.1 Å². The highest BCUT2D eigenvalue weighted by Gasteiger charge is 2.18. The highest BCUT2D eigenvalue weighted by atomic mass is 32.2. The molecule has 0 atom stereocenters. The fourth-order valence-corrected chi connectivity index (χ4v) is 6.09. The summed E-state index contributed by atoms with van der Waals surface area (Å²) in [6.45, 7) is 3.66. The molecule has 4 N–H and O–H groups in total. The molecule has 0 spiro atoms. The van der Waals surface area contributed by atoms with Gasteiger partial charge in [0, 0.05) is 21.2 Å². The molecule has 13 heteroatoms. The lowest BCUT2D eigenvalue weighted by atomic mass is 10.2. The monoisotopic (exact) mass is 610 g/mol. The number of amides is 4. The van der Waals surface area contributed by atoms with E-state index < -0.39 is 32.1 Å². The van der Waals surface area contributed by atoms with Gasteiger partial charge in [0.25, 0.3) is 20.0 Å². The number of hydrogen-bond donors (Lipinski definition) is 4. The van der Waals surface area contributed by atoms with Crippen LogP contribution in [0.25, 0.3) is 0 Å². The Kier molecular flexibility index (Phi) is 9.01. The van der Waals surface area contributed by atoms with E-state index in [9.17, 15) is 26.4 Å². The number of urea groups is 2. The summed E-state index contributed by atoms with van der Waals surface area (Å²) in [5, 5.41) is 4.99. The summed E-state index contributed by atoms with van der Waals surface area (Å²) in [5.74, 6) is 0. The highest BCUT2D eigenvalue weighted by molar-refractivity contribution is 7.99. The summed E-state index contributed by atoms with van der Waals surface area (Å²) < 4.78 is 53.5. The number of aryl methyl sites for hydroxylation is 2. The van der Waals surface area contributed by atoms with Gasteiger partial charge in [0.05, 0.1) is 9.79 Å². The van der Waals surface area contributed by atoms with Gasteiger partial charge in [-0.15, -0.1) is 0 Å². The molecule has 0 aliphatic rings. The molecule has 41 heavy (non-hydrogen) atoms. The first-order valence-corrected chi connectivity index (χ1v) is 15.9. The summed E-state index contributed by atoms with van der Waals surface area (Å²) in [4.78, 5) is 26.1. The predicted molar refractivity (Wildman–Crippen MR) is 158 cm³/mol. The molecule has 10 nitrogen and oxygen atoms in total. The zero-order valence-corrected chi connectivity index (χ0v) is 24.4. The predicted octanol–water partition coefficient (Wildman–Crippen LogP) is 5.48. The Bertz CT molecular complexity index is 1620. The van der Waals surface area contributed by atoms with Crippen LogP contribution in [0.4, 0.5) is 21.0 Å². The minimum absolute atomic E-state index is 0.0147. The van der Waals surface area contributed by atoms with Crippen LogP contribution in [0.5, 0.6) is 0 Å². The number of rotatable bonds is 8. The average Bonchev–Trinajstić information content (AvgIpc) is 2.91. The molecule has 0 saturated heterocycles. The van der Waals surface area contributed by atoms with E-state index in [-0.39, 0.29) is 9.79 Å². The van der Waals surface area contributed by atoms with Gasteiger partial charge < -0.3 is 10.6 Å². The van der Waals surface area contributed by atoms with E-state index in [1.54, 1.807) is 72.8 Å². The molecule has 4 rings (SSSR count). The fraction of sp³-hybridized carbons (Fsp3) is 0.0714. The first kappa shape index (κ1) is 29.6. The molecule has 0 aliphatic carbocycles. The van der Waals surface area contributed by atoms with Crippen LogP contribution >= 0.6 is 11.8 Å². The van der Waals surface area contributed by atoms with Crippen molar-refractivity contribution in [2.24, 2.45) is 0 Å². The van der Waals surface area contributed by atoms with Gasteiger partial charge >= 0.3 is 12.1 Å². The van der Waals surface area contributed by atoms with Gasteiger partial charge in [-0.1, -0.05) is 47.2 Å². The molecule has 4 aromatic carbocycles. The van der Waals surface area contributed by atoms with E-state index in [1.807, 2.05) is 23.3 Å². The SMILES string of the molecule is Cc1ccc(S(=O)(=O)NC(=O)Nc2ccc(Sc3ccc(NC(=O)NS(=O)(=O)c4ccc(C)cc4)cc3)cc2)cc1. The second-order valence-electron chi connectivity index (χ2n) is 8.90. The summed E-state index contributed by atoms with van der Waals surface area (Å²) in [7, 11) is -8.01. The summed E-state index contributed by atoms with van der Waals surface area (Å²) >= 11 is 1.41. The van der Waals surface area contributed by atoms with Crippen molar-refractivity contribution in [1.82, 2.24) is 9.44 Å². The second-order valence-corrected chi connectivity index (χ2v) is 13.4. The van der Waals surface area contributed by atoms with Crippen LogP contribution in [0, 0.1) is 13.8 Å². The summed E-state index contributed by atoms with van der Waals surface area (Å²) in [6, 6.07) is 24.0. The first-order chi connectivity index (χ1) is 19.4. The molecule has 0 aliphatic heterocycles. The number of carbonyl (C=O) groups excluding carboxylic acids is 2. The van der Waals surface area contributed by atoms with E-state index in [2.05, 4.69) is 10.6 Å². The number of anilines is 2. The summed E-state index contributed by atoms with van der Waals surface area (Å²) in [6.07, 6.45) is 0. The van der Waals surface area contributed by atoms with Gasteiger partial charge in [0.15, 0.2) is 0 Å². The molecule has 0 aromatic heterocycles. The normalized spacial score (nSPS) is 11.4. The number of sulfonamides is 2. The van der Waals surface area contributed by atoms with Crippen LogP contribution in [-0.4, -0.2) is 28.9 Å². The summed E-state index contributed by atoms with van der Waals surface area (Å²) in [5.41, 5.74) is 2.59. The Morgan fingerprint density at radius 1 is 0.512 bits per heavy atom. The Labute approximate surface area is 242 Å². The lowest BCUT2D eigenvalue weighted by Crippen LogP contribution is -2.34. The molecule has 212 valence electrons. The van der Waals surface area contributed by atoms with Gasteiger partial charge in [0.2, 0.25) is 0 Å². The number of nitrogens with one attached hydrogen (secondary N) is 4. The molecule has 0 radical (unpaired) electrons. The van der Waals surface area contributed by atoms with Gasteiger partial charge in [0.1, 0.15) is 0 Å². The molecule has 0 heterocycles. The highest BCUT2D eigenvalue weighted by Crippen LogP contribution is 2.29. The van der Waals surface area contributed by atoms with Gasteiger partial charge in [-0.05, 0) is 86.6 Å². The fourth-order valence-electron chi connectivity index (χ4n) is 3.46. The zero-order valence-electron chi connectivity index (χ0n) is 21.9. The lowest BCUT2D eigenvalue weighted by Gasteiger charge is -2.10. The Morgan fingerprint density at radius 2 is 0.829 bits per heavy atom. The number of benzene rings is 4. The largest absolute Gasteiger partial charge is 0.333 e. The molecule has 0 unspecified atom stereocenters. The molecular formula is C28H26N4O6S3. The van der Waals surface area contributed by atoms with Gasteiger partial charge in [-0.3, -0.25) is 0 Å². The van der Waals surface area contributed by atoms with Crippen molar-refractivity contribution in [3.05, 3.63) is 108 Å². The third-order valence-corrected chi connectivity index (χ3v) is 9.29. The smallest absolute Gasteiger partial charge is 0.307 e. The third kappa shape index (κ3) is 8.33. The third-order valence-electron chi connectivity index (χ3n) is 5.58. The van der Waals surface area contributed by atoms with Crippen molar-refractivity contribution in [3.8, 4) is 0 Å². The quantitative estimate of drug-likeness (QED) is 0.206. The molecule has 0 fully saturated rings. The molecule has 0 bridgehead atoms. The van der Waals surface area contributed by atoms with Crippen molar-refractivity contribution < 1.29 is 26.4 Å². The Morgan fingerprint density at radius 3 is 1.15 bits per heavy atom. The van der Waals surface area contributed by atoms with Crippen molar-refractivity contribution in [1.29, 1.82) is 0 Å². The average molecular weight is 611 g/mol. The van der Waals surface area contributed by atoms with E-state index in [4.69, 9.17) is 0 Å². The minimum atomic E-state index is -4.01. The van der Waals surface area contributed by atoms with E-state index in [0.717, 1.165) is 20.9 Å². The van der Waals surface area contributed by atoms with Crippen molar-refractivity contribution in [2.45, 2.75) is 33.4 Å². The Balaban J connectivity index is 1.29. The first-order valence-electron chi connectivity index (χ1n) is 12.1. The topological polar surface area (TPSA) is 151 Å². The van der Waals surface area contributed by atoms with Crippen LogP contribution in [-0.2, 0) is 20.0 Å². The lowest BCUT2D eigenvalue weighted by molar-refractivity contribution is 0.255. The van der Waals surface area contributed by atoms with E-state index in [0.29, 0.717) is 11.4 Å². The van der Waals surface area contributed by atoms with E-state index >= 15 is 0 Å².